The molecule has 0 aromatic rings. The van der Waals surface area contributed by atoms with E-state index >= 15 is 0 Å². The largest absolute Gasteiger partial charge is 0.396 e. The number of aliphatic hydroxyl groups excluding tert-OH is 2. The van der Waals surface area contributed by atoms with E-state index in [9.17, 15) is 4.79 Å². The van der Waals surface area contributed by atoms with Crippen LogP contribution in [0.3, 0.4) is 0 Å². The van der Waals surface area contributed by atoms with Crippen LogP contribution in [0.25, 0.3) is 0 Å². The summed E-state index contributed by atoms with van der Waals surface area (Å²) in [7, 11) is 0. The minimum atomic E-state index is -0.827. The van der Waals surface area contributed by atoms with Gasteiger partial charge in [-0.2, -0.15) is 0 Å². The Morgan fingerprint density at radius 2 is 2.10 bits per heavy atom. The molecule has 2 amide bonds. The Morgan fingerprint density at radius 3 is 2.40 bits per heavy atom. The first-order valence-corrected chi connectivity index (χ1v) is 2.76. The molecular formula is C5H10N2O3. The molecule has 10 heavy (non-hydrogen) atoms. The fourth-order valence-electron chi connectivity index (χ4n) is 0.331. The van der Waals surface area contributed by atoms with Crippen molar-refractivity contribution in [3.63, 3.8) is 0 Å². The van der Waals surface area contributed by atoms with Gasteiger partial charge in [0.1, 0.15) is 0 Å². The first-order chi connectivity index (χ1) is 4.70. The van der Waals surface area contributed by atoms with Crippen molar-refractivity contribution in [2.24, 2.45) is 16.6 Å². The highest BCUT2D eigenvalue weighted by atomic mass is 16.3. The van der Waals surface area contributed by atoms with Crippen LogP contribution in [0.15, 0.2) is 4.99 Å². The second-order valence-electron chi connectivity index (χ2n) is 1.74. The molecule has 0 aliphatic carbocycles. The SMILES string of the molecule is NC(=O)N=CC(CO)CO. The zero-order chi connectivity index (χ0) is 7.98. The van der Waals surface area contributed by atoms with Crippen molar-refractivity contribution in [2.45, 2.75) is 0 Å². The average molecular weight is 146 g/mol. The molecule has 5 nitrogen and oxygen atoms in total. The topological polar surface area (TPSA) is 95.9 Å². The van der Waals surface area contributed by atoms with Crippen LogP contribution >= 0.6 is 0 Å². The van der Waals surface area contributed by atoms with Crippen LogP contribution in [-0.2, 0) is 0 Å². The molecule has 0 atom stereocenters. The van der Waals surface area contributed by atoms with Gasteiger partial charge in [-0.3, -0.25) is 0 Å². The Hall–Kier alpha value is -0.940. The van der Waals surface area contributed by atoms with E-state index in [1.807, 2.05) is 0 Å². The molecule has 0 aromatic heterocycles. The molecule has 0 fully saturated rings. The van der Waals surface area contributed by atoms with Gasteiger partial charge in [0.2, 0.25) is 0 Å². The molecule has 0 saturated carbocycles. The minimum absolute atomic E-state index is 0.243. The number of hydrogen-bond acceptors (Lipinski definition) is 3. The van der Waals surface area contributed by atoms with Gasteiger partial charge in [0.05, 0.1) is 13.2 Å². The van der Waals surface area contributed by atoms with Crippen molar-refractivity contribution in [3.8, 4) is 0 Å². The first-order valence-electron chi connectivity index (χ1n) is 2.76. The Morgan fingerprint density at radius 1 is 1.60 bits per heavy atom. The van der Waals surface area contributed by atoms with Crippen molar-refractivity contribution in [3.05, 3.63) is 0 Å². The number of aliphatic hydroxyl groups is 2. The van der Waals surface area contributed by atoms with Gasteiger partial charge in [0.25, 0.3) is 0 Å². The molecule has 58 valence electrons. The number of primary amides is 1. The summed E-state index contributed by atoms with van der Waals surface area (Å²) in [4.78, 5) is 13.2. The van der Waals surface area contributed by atoms with E-state index < -0.39 is 11.9 Å². The molecule has 0 bridgehead atoms. The maximum absolute atomic E-state index is 10.00. The quantitative estimate of drug-likeness (QED) is 0.433. The van der Waals surface area contributed by atoms with E-state index in [0.717, 1.165) is 6.21 Å². The van der Waals surface area contributed by atoms with Gasteiger partial charge in [-0.15, -0.1) is 0 Å². The average Bonchev–Trinajstić information content (AvgIpc) is 1.90. The predicted octanol–water partition coefficient (Wildman–Crippen LogP) is -1.26. The van der Waals surface area contributed by atoms with E-state index in [2.05, 4.69) is 10.7 Å². The summed E-state index contributed by atoms with van der Waals surface area (Å²) >= 11 is 0. The van der Waals surface area contributed by atoms with Crippen molar-refractivity contribution in [1.82, 2.24) is 0 Å². The van der Waals surface area contributed by atoms with Crippen LogP contribution in [0.1, 0.15) is 0 Å². The molecule has 5 heteroatoms. The third kappa shape index (κ3) is 3.99. The second-order valence-corrected chi connectivity index (χ2v) is 1.74. The predicted molar refractivity (Wildman–Crippen MR) is 35.7 cm³/mol. The normalized spacial score (nSPS) is 11.1. The van der Waals surface area contributed by atoms with Crippen LogP contribution in [0.4, 0.5) is 4.79 Å². The number of rotatable bonds is 3. The number of hydrogen-bond donors (Lipinski definition) is 3. The molecular weight excluding hydrogens is 136 g/mol. The zero-order valence-corrected chi connectivity index (χ0v) is 5.40. The summed E-state index contributed by atoms with van der Waals surface area (Å²) in [6, 6.07) is -0.827. The van der Waals surface area contributed by atoms with Crippen molar-refractivity contribution in [1.29, 1.82) is 0 Å². The molecule has 0 rings (SSSR count). The van der Waals surface area contributed by atoms with Crippen molar-refractivity contribution < 1.29 is 15.0 Å². The van der Waals surface area contributed by atoms with E-state index in [1.54, 1.807) is 0 Å². The molecule has 4 N–H and O–H groups in total. The second kappa shape index (κ2) is 4.89. The lowest BCUT2D eigenvalue weighted by atomic mass is 10.2. The molecule has 0 saturated heterocycles. The summed E-state index contributed by atoms with van der Waals surface area (Å²) in [5.41, 5.74) is 4.65. The van der Waals surface area contributed by atoms with Gasteiger partial charge in [-0.1, -0.05) is 0 Å². The van der Waals surface area contributed by atoms with Gasteiger partial charge in [-0.25, -0.2) is 9.79 Å². The highest BCUT2D eigenvalue weighted by molar-refractivity contribution is 5.82. The molecule has 0 aliphatic rings. The van der Waals surface area contributed by atoms with Crippen LogP contribution in [-0.4, -0.2) is 35.7 Å². The van der Waals surface area contributed by atoms with Gasteiger partial charge < -0.3 is 15.9 Å². The summed E-state index contributed by atoms with van der Waals surface area (Å²) < 4.78 is 0. The lowest BCUT2D eigenvalue weighted by molar-refractivity contribution is 0.190. The molecule has 0 aliphatic heterocycles. The summed E-state index contributed by atoms with van der Waals surface area (Å²) in [5, 5.41) is 16.9. The van der Waals surface area contributed by atoms with E-state index in [4.69, 9.17) is 10.2 Å². The van der Waals surface area contributed by atoms with Crippen LogP contribution in [0.5, 0.6) is 0 Å². The third-order valence-electron chi connectivity index (χ3n) is 0.882. The van der Waals surface area contributed by atoms with Gasteiger partial charge in [0, 0.05) is 12.1 Å². The number of nitrogens with zero attached hydrogens (tertiary/aromatic N) is 1. The smallest absolute Gasteiger partial charge is 0.337 e. The van der Waals surface area contributed by atoms with Crippen molar-refractivity contribution >= 4 is 12.2 Å². The number of aliphatic imine (C=N–C) groups is 1. The van der Waals surface area contributed by atoms with Gasteiger partial charge in [0.15, 0.2) is 0 Å². The highest BCUT2D eigenvalue weighted by Gasteiger charge is 2.00. The van der Waals surface area contributed by atoms with Crippen LogP contribution in [0, 0.1) is 5.92 Å². The number of amides is 2. The molecule has 0 heterocycles. The molecule has 0 radical (unpaired) electrons. The summed E-state index contributed by atoms with van der Waals surface area (Å²) in [5.74, 6) is -0.493. The highest BCUT2D eigenvalue weighted by Crippen LogP contribution is 1.87. The van der Waals surface area contributed by atoms with E-state index in [-0.39, 0.29) is 13.2 Å². The monoisotopic (exact) mass is 146 g/mol. The number of carbonyl (C=O) groups is 1. The lowest BCUT2D eigenvalue weighted by Gasteiger charge is -2.00. The Kier molecular flexibility index (Phi) is 4.43. The maximum atomic E-state index is 10.00. The maximum Gasteiger partial charge on any atom is 0.337 e. The fraction of sp³-hybridized carbons (Fsp3) is 0.600. The molecule has 0 unspecified atom stereocenters. The Labute approximate surface area is 58.2 Å². The number of nitrogens with two attached hydrogens (primary N) is 1. The van der Waals surface area contributed by atoms with Crippen LogP contribution < -0.4 is 5.73 Å². The fourth-order valence-corrected chi connectivity index (χ4v) is 0.331. The summed E-state index contributed by atoms with van der Waals surface area (Å²) in [6.45, 7) is -0.486. The van der Waals surface area contributed by atoms with Crippen LogP contribution in [0.2, 0.25) is 0 Å². The number of urea groups is 1. The van der Waals surface area contributed by atoms with Crippen molar-refractivity contribution in [2.75, 3.05) is 13.2 Å². The molecule has 0 aromatic carbocycles. The third-order valence-corrected chi connectivity index (χ3v) is 0.882. The minimum Gasteiger partial charge on any atom is -0.396 e. The number of carbonyl (C=O) groups excluding carboxylic acids is 1. The molecule has 0 spiro atoms. The van der Waals surface area contributed by atoms with E-state index in [0.29, 0.717) is 0 Å². The van der Waals surface area contributed by atoms with E-state index in [1.165, 1.54) is 0 Å². The van der Waals surface area contributed by atoms with Gasteiger partial charge in [-0.05, 0) is 0 Å². The standard InChI is InChI=1S/C5H10N2O3/c6-5(10)7-1-4(2-8)3-9/h1,4,8-9H,2-3H2,(H2,6,10). The lowest BCUT2D eigenvalue weighted by Crippen LogP contribution is -2.14. The zero-order valence-electron chi connectivity index (χ0n) is 5.40. The summed E-state index contributed by atoms with van der Waals surface area (Å²) in [6.07, 6.45) is 1.13. The Balaban J connectivity index is 3.72. The first kappa shape index (κ1) is 9.06. The van der Waals surface area contributed by atoms with Gasteiger partial charge >= 0.3 is 6.03 Å². The Bertz CT molecular complexity index is 131.